The summed E-state index contributed by atoms with van der Waals surface area (Å²) < 4.78 is 2.09. The summed E-state index contributed by atoms with van der Waals surface area (Å²) in [7, 11) is 0. The van der Waals surface area contributed by atoms with E-state index >= 15 is 0 Å². The molecular formula is C16H18N2O. The first kappa shape index (κ1) is 12.2. The van der Waals surface area contributed by atoms with E-state index in [1.165, 1.54) is 17.5 Å². The predicted octanol–water partition coefficient (Wildman–Crippen LogP) is 3.32. The van der Waals surface area contributed by atoms with Crippen molar-refractivity contribution in [2.45, 2.75) is 39.7 Å². The van der Waals surface area contributed by atoms with Crippen LogP contribution in [0.1, 0.15) is 40.3 Å². The van der Waals surface area contributed by atoms with Gasteiger partial charge in [-0.25, -0.2) is 4.98 Å². The minimum atomic E-state index is 0.738. The highest BCUT2D eigenvalue weighted by Gasteiger charge is 2.20. The maximum absolute atomic E-state index is 11.5. The largest absolute Gasteiger partial charge is 0.325 e. The molecule has 2 heterocycles. The fourth-order valence-electron chi connectivity index (χ4n) is 2.90. The van der Waals surface area contributed by atoms with Gasteiger partial charge in [-0.2, -0.15) is 0 Å². The molecule has 0 radical (unpaired) electrons. The Bertz CT molecular complexity index is 640. The molecule has 0 saturated heterocycles. The summed E-state index contributed by atoms with van der Waals surface area (Å²) in [5, 5.41) is 0. The summed E-state index contributed by atoms with van der Waals surface area (Å²) in [6.45, 7) is 5.08. The maximum atomic E-state index is 11.5. The SMILES string of the molecule is Cc1ccc(-c2nc3n(c2C=O)CCCC3)c(C)c1. The Hall–Kier alpha value is -1.90. The summed E-state index contributed by atoms with van der Waals surface area (Å²) in [6.07, 6.45) is 4.24. The van der Waals surface area contributed by atoms with Gasteiger partial charge in [-0.1, -0.05) is 23.8 Å². The van der Waals surface area contributed by atoms with Crippen LogP contribution in [0.4, 0.5) is 0 Å². The van der Waals surface area contributed by atoms with E-state index in [2.05, 4.69) is 36.6 Å². The molecular weight excluding hydrogens is 236 g/mol. The Balaban J connectivity index is 2.19. The van der Waals surface area contributed by atoms with Crippen molar-refractivity contribution in [2.24, 2.45) is 0 Å². The molecule has 0 fully saturated rings. The smallest absolute Gasteiger partial charge is 0.168 e. The van der Waals surface area contributed by atoms with Crippen molar-refractivity contribution >= 4 is 6.29 Å². The van der Waals surface area contributed by atoms with Gasteiger partial charge in [0.2, 0.25) is 0 Å². The molecule has 0 atom stereocenters. The van der Waals surface area contributed by atoms with E-state index in [1.54, 1.807) is 0 Å². The van der Waals surface area contributed by atoms with E-state index < -0.39 is 0 Å². The highest BCUT2D eigenvalue weighted by Crippen LogP contribution is 2.29. The number of aryl methyl sites for hydroxylation is 3. The number of rotatable bonds is 2. The maximum Gasteiger partial charge on any atom is 0.168 e. The van der Waals surface area contributed by atoms with E-state index in [-0.39, 0.29) is 0 Å². The predicted molar refractivity (Wildman–Crippen MR) is 75.5 cm³/mol. The van der Waals surface area contributed by atoms with Crippen molar-refractivity contribution in [3.63, 3.8) is 0 Å². The third-order valence-electron chi connectivity index (χ3n) is 3.87. The van der Waals surface area contributed by atoms with Crippen LogP contribution in [-0.4, -0.2) is 15.8 Å². The molecule has 2 aromatic rings. The number of fused-ring (bicyclic) bond motifs is 1. The molecule has 0 unspecified atom stereocenters. The van der Waals surface area contributed by atoms with Crippen LogP contribution in [0.15, 0.2) is 18.2 Å². The first-order valence-electron chi connectivity index (χ1n) is 6.83. The van der Waals surface area contributed by atoms with Gasteiger partial charge in [0.05, 0.1) is 5.69 Å². The topological polar surface area (TPSA) is 34.9 Å². The van der Waals surface area contributed by atoms with E-state index in [1.807, 2.05) is 0 Å². The molecule has 0 saturated carbocycles. The van der Waals surface area contributed by atoms with Gasteiger partial charge in [-0.05, 0) is 32.3 Å². The lowest BCUT2D eigenvalue weighted by molar-refractivity contribution is 0.111. The third kappa shape index (κ3) is 1.99. The molecule has 1 aliphatic rings. The van der Waals surface area contributed by atoms with Crippen molar-refractivity contribution in [1.82, 2.24) is 9.55 Å². The number of carbonyl (C=O) groups excluding carboxylic acids is 1. The van der Waals surface area contributed by atoms with E-state index in [0.29, 0.717) is 0 Å². The van der Waals surface area contributed by atoms with Gasteiger partial charge in [-0.3, -0.25) is 4.79 Å². The standard InChI is InChI=1S/C16H18N2O/c1-11-6-7-13(12(2)9-11)16-14(10-19)18-8-4-3-5-15(18)17-16/h6-7,9-10H,3-5,8H2,1-2H3. The normalized spacial score (nSPS) is 14.2. The van der Waals surface area contributed by atoms with Crippen molar-refractivity contribution in [3.8, 4) is 11.3 Å². The summed E-state index contributed by atoms with van der Waals surface area (Å²) in [4.78, 5) is 16.2. The zero-order valence-electron chi connectivity index (χ0n) is 11.4. The molecule has 3 rings (SSSR count). The van der Waals surface area contributed by atoms with Crippen molar-refractivity contribution in [3.05, 3.63) is 40.8 Å². The summed E-state index contributed by atoms with van der Waals surface area (Å²) in [5.74, 6) is 1.06. The van der Waals surface area contributed by atoms with Crippen LogP contribution in [0, 0.1) is 13.8 Å². The Labute approximate surface area is 113 Å². The molecule has 0 bridgehead atoms. The number of aldehydes is 1. The number of nitrogens with zero attached hydrogens (tertiary/aromatic N) is 2. The monoisotopic (exact) mass is 254 g/mol. The summed E-state index contributed by atoms with van der Waals surface area (Å²) in [5.41, 5.74) is 5.08. The molecule has 1 aromatic carbocycles. The van der Waals surface area contributed by atoms with Gasteiger partial charge >= 0.3 is 0 Å². The van der Waals surface area contributed by atoms with Crippen molar-refractivity contribution in [1.29, 1.82) is 0 Å². The first-order valence-corrected chi connectivity index (χ1v) is 6.83. The number of hydrogen-bond donors (Lipinski definition) is 0. The Kier molecular flexibility index (Phi) is 2.97. The van der Waals surface area contributed by atoms with Gasteiger partial charge in [0, 0.05) is 18.5 Å². The van der Waals surface area contributed by atoms with Gasteiger partial charge in [0.1, 0.15) is 11.5 Å². The molecule has 0 aliphatic carbocycles. The second kappa shape index (κ2) is 4.65. The minimum absolute atomic E-state index is 0.738. The average molecular weight is 254 g/mol. The van der Waals surface area contributed by atoms with Gasteiger partial charge in [0.15, 0.2) is 6.29 Å². The zero-order valence-corrected chi connectivity index (χ0v) is 11.4. The zero-order chi connectivity index (χ0) is 13.4. The van der Waals surface area contributed by atoms with Crippen molar-refractivity contribution < 1.29 is 4.79 Å². The van der Waals surface area contributed by atoms with Crippen LogP contribution in [0.25, 0.3) is 11.3 Å². The highest BCUT2D eigenvalue weighted by molar-refractivity contribution is 5.85. The lowest BCUT2D eigenvalue weighted by Gasteiger charge is -2.14. The lowest BCUT2D eigenvalue weighted by atomic mass is 10.0. The molecule has 0 N–H and O–H groups in total. The molecule has 19 heavy (non-hydrogen) atoms. The molecule has 0 amide bonds. The van der Waals surface area contributed by atoms with Crippen LogP contribution in [0.2, 0.25) is 0 Å². The molecule has 3 heteroatoms. The Morgan fingerprint density at radius 2 is 2.11 bits per heavy atom. The van der Waals surface area contributed by atoms with Gasteiger partial charge in [0.25, 0.3) is 0 Å². The first-order chi connectivity index (χ1) is 9.20. The third-order valence-corrected chi connectivity index (χ3v) is 3.87. The molecule has 98 valence electrons. The Morgan fingerprint density at radius 1 is 1.26 bits per heavy atom. The van der Waals surface area contributed by atoms with E-state index in [9.17, 15) is 4.79 Å². The van der Waals surface area contributed by atoms with E-state index in [4.69, 9.17) is 4.98 Å². The van der Waals surface area contributed by atoms with Crippen molar-refractivity contribution in [2.75, 3.05) is 0 Å². The molecule has 1 aromatic heterocycles. The highest BCUT2D eigenvalue weighted by atomic mass is 16.1. The number of carbonyl (C=O) groups is 1. The fraction of sp³-hybridized carbons (Fsp3) is 0.375. The fourth-order valence-corrected chi connectivity index (χ4v) is 2.90. The van der Waals surface area contributed by atoms with Crippen LogP contribution >= 0.6 is 0 Å². The summed E-state index contributed by atoms with van der Waals surface area (Å²) in [6, 6.07) is 6.30. The van der Waals surface area contributed by atoms with Crippen LogP contribution < -0.4 is 0 Å². The number of benzene rings is 1. The van der Waals surface area contributed by atoms with Crippen LogP contribution in [-0.2, 0) is 13.0 Å². The lowest BCUT2D eigenvalue weighted by Crippen LogP contribution is -2.12. The molecule has 3 nitrogen and oxygen atoms in total. The van der Waals surface area contributed by atoms with Gasteiger partial charge in [-0.15, -0.1) is 0 Å². The number of imidazole rings is 1. The minimum Gasteiger partial charge on any atom is -0.325 e. The Morgan fingerprint density at radius 3 is 2.84 bits per heavy atom. The number of hydrogen-bond acceptors (Lipinski definition) is 2. The molecule has 0 spiro atoms. The van der Waals surface area contributed by atoms with Crippen LogP contribution in [0.5, 0.6) is 0 Å². The van der Waals surface area contributed by atoms with Crippen LogP contribution in [0.3, 0.4) is 0 Å². The van der Waals surface area contributed by atoms with E-state index in [0.717, 1.165) is 48.4 Å². The average Bonchev–Trinajstić information content (AvgIpc) is 2.76. The van der Waals surface area contributed by atoms with Gasteiger partial charge < -0.3 is 4.57 Å². The quantitative estimate of drug-likeness (QED) is 0.771. The molecule has 1 aliphatic heterocycles. The second-order valence-electron chi connectivity index (χ2n) is 5.31. The summed E-state index contributed by atoms with van der Waals surface area (Å²) >= 11 is 0. The number of aromatic nitrogens is 2. The second-order valence-corrected chi connectivity index (χ2v) is 5.31.